The van der Waals surface area contributed by atoms with Crippen LogP contribution in [-0.2, 0) is 32.1 Å². The molecule has 0 aliphatic heterocycles. The Hall–Kier alpha value is -3.86. The van der Waals surface area contributed by atoms with Crippen LogP contribution in [-0.4, -0.2) is 39.9 Å². The Morgan fingerprint density at radius 2 is 1.85 bits per heavy atom. The van der Waals surface area contributed by atoms with Gasteiger partial charge in [0.05, 0.1) is 25.6 Å². The number of benzene rings is 1. The van der Waals surface area contributed by atoms with Gasteiger partial charge in [-0.3, -0.25) is 14.2 Å². The topological polar surface area (TPSA) is 126 Å². The van der Waals surface area contributed by atoms with Gasteiger partial charge in [-0.1, -0.05) is 30.3 Å². The number of esters is 1. The molecule has 1 atom stereocenters. The highest BCUT2D eigenvalue weighted by atomic mass is 32.1. The molecule has 0 bridgehead atoms. The number of carbonyl (C=O) groups is 2. The summed E-state index contributed by atoms with van der Waals surface area (Å²) in [6, 6.07) is 9.07. The van der Waals surface area contributed by atoms with E-state index in [9.17, 15) is 24.3 Å². The van der Waals surface area contributed by atoms with E-state index in [1.165, 1.54) is 24.2 Å². The lowest BCUT2D eigenvalue weighted by Crippen LogP contribution is -2.42. The van der Waals surface area contributed by atoms with Crippen LogP contribution in [0.5, 0.6) is 0 Å². The third-order valence-electron chi connectivity index (χ3n) is 5.00. The molecule has 2 heterocycles. The second-order valence-electron chi connectivity index (χ2n) is 7.18. The quantitative estimate of drug-likeness (QED) is 0.341. The van der Waals surface area contributed by atoms with E-state index in [4.69, 9.17) is 14.2 Å². The number of nitrogens with zero attached hydrogens (tertiary/aromatic N) is 2. The number of hydrogen-bond donors (Lipinski definition) is 1. The summed E-state index contributed by atoms with van der Waals surface area (Å²) in [4.78, 5) is 50.7. The van der Waals surface area contributed by atoms with Crippen molar-refractivity contribution in [2.24, 2.45) is 0 Å². The number of carboxylic acids is 1. The third kappa shape index (κ3) is 5.04. The molecule has 0 amide bonds. The Kier molecular flexibility index (Phi) is 7.90. The van der Waals surface area contributed by atoms with Gasteiger partial charge < -0.3 is 19.3 Å². The van der Waals surface area contributed by atoms with Gasteiger partial charge in [-0.05, 0) is 25.0 Å². The predicted octanol–water partition coefficient (Wildman–Crippen LogP) is 2.67. The monoisotopic (exact) mass is 488 g/mol. The molecule has 180 valence electrons. The van der Waals surface area contributed by atoms with Crippen molar-refractivity contribution in [1.29, 1.82) is 0 Å². The van der Waals surface area contributed by atoms with Crippen molar-refractivity contribution in [3.8, 4) is 0 Å². The average Bonchev–Trinajstić information content (AvgIpc) is 3.16. The van der Waals surface area contributed by atoms with Crippen LogP contribution in [0.1, 0.15) is 33.8 Å². The van der Waals surface area contributed by atoms with E-state index in [0.717, 1.165) is 16.9 Å². The van der Waals surface area contributed by atoms with Gasteiger partial charge in [0.25, 0.3) is 5.56 Å². The first kappa shape index (κ1) is 24.8. The first-order chi connectivity index (χ1) is 16.3. The lowest BCUT2D eigenvalue weighted by Gasteiger charge is -2.19. The van der Waals surface area contributed by atoms with Crippen molar-refractivity contribution < 1.29 is 28.9 Å². The minimum Gasteiger partial charge on any atom is -0.501 e. The summed E-state index contributed by atoms with van der Waals surface area (Å²) >= 11 is 0.949. The minimum atomic E-state index is -1.34. The van der Waals surface area contributed by atoms with Gasteiger partial charge in [-0.15, -0.1) is 11.3 Å². The van der Waals surface area contributed by atoms with Crippen LogP contribution >= 0.6 is 11.3 Å². The summed E-state index contributed by atoms with van der Waals surface area (Å²) in [5, 5.41) is 9.38. The van der Waals surface area contributed by atoms with Crippen LogP contribution in [0.2, 0.25) is 0 Å². The Bertz CT molecular complexity index is 1340. The zero-order chi connectivity index (χ0) is 24.8. The molecule has 1 unspecified atom stereocenters. The highest BCUT2D eigenvalue weighted by Gasteiger charge is 2.26. The Morgan fingerprint density at radius 1 is 1.15 bits per heavy atom. The molecule has 0 saturated carbocycles. The van der Waals surface area contributed by atoms with Crippen LogP contribution < -0.4 is 11.2 Å². The van der Waals surface area contributed by atoms with Crippen LogP contribution in [0.25, 0.3) is 10.2 Å². The lowest BCUT2D eigenvalue weighted by molar-refractivity contribution is -0.137. The van der Waals surface area contributed by atoms with Crippen LogP contribution in [0.3, 0.4) is 0 Å². The summed E-state index contributed by atoms with van der Waals surface area (Å²) in [6.07, 6.45) is 1.97. The summed E-state index contributed by atoms with van der Waals surface area (Å²) in [6.45, 7) is 2.48. The van der Waals surface area contributed by atoms with E-state index in [0.29, 0.717) is 10.1 Å². The minimum absolute atomic E-state index is 0.0600. The highest BCUT2D eigenvalue weighted by Crippen LogP contribution is 2.30. The summed E-state index contributed by atoms with van der Waals surface area (Å²) in [7, 11) is 1.46. The maximum atomic E-state index is 13.3. The van der Waals surface area contributed by atoms with Crippen molar-refractivity contribution in [1.82, 2.24) is 9.13 Å². The van der Waals surface area contributed by atoms with E-state index in [1.807, 2.05) is 30.3 Å². The smallest absolute Gasteiger partial charge is 0.348 e. The largest absolute Gasteiger partial charge is 0.501 e. The maximum absolute atomic E-state index is 13.3. The second-order valence-corrected chi connectivity index (χ2v) is 8.18. The standard InChI is InChI=1S/C23H24N2O8S/c1-4-32-22(29)19-14(2)18-20(28)24(13-17(26)27)23(30)25(21(18)34-19)12-16(33-11-10-31-3)15-8-6-5-7-9-15/h5-11,16H,4,12-13H2,1-3H3,(H,26,27). The number of thiophene rings is 1. The first-order valence-electron chi connectivity index (χ1n) is 10.3. The molecule has 10 nitrogen and oxygen atoms in total. The summed E-state index contributed by atoms with van der Waals surface area (Å²) < 4.78 is 17.7. The van der Waals surface area contributed by atoms with Crippen molar-refractivity contribution in [2.75, 3.05) is 13.7 Å². The van der Waals surface area contributed by atoms with Crippen molar-refractivity contribution in [2.45, 2.75) is 33.0 Å². The Morgan fingerprint density at radius 3 is 2.47 bits per heavy atom. The number of ether oxygens (including phenoxy) is 3. The number of carboxylic acid groups (broad SMARTS) is 1. The van der Waals surface area contributed by atoms with Crippen LogP contribution in [0.4, 0.5) is 0 Å². The second kappa shape index (κ2) is 10.8. The van der Waals surface area contributed by atoms with E-state index >= 15 is 0 Å². The molecule has 34 heavy (non-hydrogen) atoms. The van der Waals surface area contributed by atoms with Gasteiger partial charge >= 0.3 is 17.6 Å². The first-order valence-corrected chi connectivity index (χ1v) is 11.2. The fourth-order valence-corrected chi connectivity index (χ4v) is 4.66. The number of aliphatic carboxylic acids is 1. The van der Waals surface area contributed by atoms with E-state index in [2.05, 4.69) is 0 Å². The fourth-order valence-electron chi connectivity index (χ4n) is 3.46. The van der Waals surface area contributed by atoms with Crippen molar-refractivity contribution >= 4 is 33.5 Å². The molecule has 0 fully saturated rings. The molecular formula is C23H24N2O8S. The van der Waals surface area contributed by atoms with E-state index in [1.54, 1.807) is 13.8 Å². The lowest BCUT2D eigenvalue weighted by atomic mass is 10.1. The zero-order valence-corrected chi connectivity index (χ0v) is 19.7. The zero-order valence-electron chi connectivity index (χ0n) is 18.8. The molecule has 3 rings (SSSR count). The Balaban J connectivity index is 2.26. The Labute approximate surface area is 198 Å². The van der Waals surface area contributed by atoms with E-state index < -0.39 is 35.8 Å². The molecular weight excluding hydrogens is 464 g/mol. The number of carbonyl (C=O) groups excluding carboxylic acids is 1. The van der Waals surface area contributed by atoms with Gasteiger partial charge in [0.2, 0.25) is 0 Å². The number of aryl methyl sites for hydroxylation is 1. The van der Waals surface area contributed by atoms with Crippen LogP contribution in [0, 0.1) is 6.92 Å². The molecule has 0 aliphatic rings. The van der Waals surface area contributed by atoms with Crippen LogP contribution in [0.15, 0.2) is 52.4 Å². The number of rotatable bonds is 10. The predicted molar refractivity (Wildman–Crippen MR) is 125 cm³/mol. The number of hydrogen-bond acceptors (Lipinski definition) is 8. The normalized spacial score (nSPS) is 12.1. The molecule has 0 spiro atoms. The molecule has 1 aromatic carbocycles. The average molecular weight is 489 g/mol. The van der Waals surface area contributed by atoms with E-state index in [-0.39, 0.29) is 28.2 Å². The SMILES string of the molecule is CCOC(=O)c1sc2c(c1C)c(=O)n(CC(=O)O)c(=O)n2CC(OC=COC)c1ccccc1. The molecule has 0 radical (unpaired) electrons. The third-order valence-corrected chi connectivity index (χ3v) is 6.30. The van der Waals surface area contributed by atoms with Gasteiger partial charge in [0.15, 0.2) is 0 Å². The van der Waals surface area contributed by atoms with Gasteiger partial charge in [0.1, 0.15) is 34.9 Å². The molecule has 2 aromatic heterocycles. The van der Waals surface area contributed by atoms with Gasteiger partial charge in [-0.25, -0.2) is 14.2 Å². The van der Waals surface area contributed by atoms with Crippen molar-refractivity contribution in [3.05, 3.63) is 79.7 Å². The number of aromatic nitrogens is 2. The molecule has 3 aromatic rings. The van der Waals surface area contributed by atoms with Gasteiger partial charge in [-0.2, -0.15) is 0 Å². The summed E-state index contributed by atoms with van der Waals surface area (Å²) in [5.41, 5.74) is -0.540. The molecule has 1 N–H and O–H groups in total. The molecule has 11 heteroatoms. The summed E-state index contributed by atoms with van der Waals surface area (Å²) in [5.74, 6) is -1.97. The van der Waals surface area contributed by atoms with Gasteiger partial charge in [0, 0.05) is 0 Å². The molecule has 0 aliphatic carbocycles. The highest BCUT2D eigenvalue weighted by molar-refractivity contribution is 7.20. The fraction of sp³-hybridized carbons (Fsp3) is 0.304. The number of methoxy groups -OCH3 is 1. The van der Waals surface area contributed by atoms with Crippen molar-refractivity contribution in [3.63, 3.8) is 0 Å². The maximum Gasteiger partial charge on any atom is 0.348 e. The number of fused-ring (bicyclic) bond motifs is 1. The molecule has 0 saturated heterocycles.